The van der Waals surface area contributed by atoms with Crippen LogP contribution in [0.4, 0.5) is 0 Å². The van der Waals surface area contributed by atoms with Crippen LogP contribution in [0.3, 0.4) is 0 Å². The van der Waals surface area contributed by atoms with Crippen molar-refractivity contribution in [2.24, 2.45) is 0 Å². The van der Waals surface area contributed by atoms with Gasteiger partial charge in [0.05, 0.1) is 0 Å². The second kappa shape index (κ2) is 6.71. The van der Waals surface area contributed by atoms with Crippen molar-refractivity contribution in [1.29, 1.82) is 0 Å². The van der Waals surface area contributed by atoms with E-state index in [1.807, 2.05) is 25.1 Å². The van der Waals surface area contributed by atoms with Gasteiger partial charge in [-0.3, -0.25) is 0 Å². The molecular formula is C13H18BrNO. The van der Waals surface area contributed by atoms with Crippen LogP contribution < -0.4 is 5.32 Å². The summed E-state index contributed by atoms with van der Waals surface area (Å²) in [5.74, 6) is 0.334. The molecule has 0 aliphatic heterocycles. The smallest absolute Gasteiger partial charge is 0.121 e. The Hall–Kier alpha value is -0.800. The molecule has 0 radical (unpaired) electrons. The van der Waals surface area contributed by atoms with E-state index in [0.29, 0.717) is 5.75 Å². The molecule has 0 heterocycles. The molecule has 0 saturated carbocycles. The molecule has 3 heteroatoms. The van der Waals surface area contributed by atoms with Crippen molar-refractivity contribution in [3.8, 4) is 5.75 Å². The van der Waals surface area contributed by atoms with E-state index in [2.05, 4.69) is 34.2 Å². The minimum absolute atomic E-state index is 0.165. The van der Waals surface area contributed by atoms with E-state index in [4.69, 9.17) is 0 Å². The Balaban J connectivity index is 2.55. The largest absolute Gasteiger partial charge is 0.508 e. The molecule has 16 heavy (non-hydrogen) atoms. The van der Waals surface area contributed by atoms with Gasteiger partial charge in [-0.2, -0.15) is 0 Å². The number of benzene rings is 1. The van der Waals surface area contributed by atoms with Crippen LogP contribution >= 0.6 is 15.9 Å². The van der Waals surface area contributed by atoms with E-state index >= 15 is 0 Å². The fourth-order valence-corrected chi connectivity index (χ4v) is 1.89. The van der Waals surface area contributed by atoms with Gasteiger partial charge >= 0.3 is 0 Å². The Morgan fingerprint density at radius 1 is 1.50 bits per heavy atom. The molecule has 1 atom stereocenters. The summed E-state index contributed by atoms with van der Waals surface area (Å²) in [6.45, 7) is 4.99. The van der Waals surface area contributed by atoms with Gasteiger partial charge in [0, 0.05) is 16.1 Å². The molecule has 2 nitrogen and oxygen atoms in total. The fourth-order valence-electron chi connectivity index (χ4n) is 1.54. The van der Waals surface area contributed by atoms with Gasteiger partial charge in [0.2, 0.25) is 0 Å². The molecule has 88 valence electrons. The first-order chi connectivity index (χ1) is 7.65. The zero-order valence-electron chi connectivity index (χ0n) is 9.70. The Bertz CT molecular complexity index is 363. The maximum atomic E-state index is 9.78. The molecule has 0 fully saturated rings. The first kappa shape index (κ1) is 13.3. The van der Waals surface area contributed by atoms with E-state index in [0.717, 1.165) is 23.0 Å². The predicted molar refractivity (Wildman–Crippen MR) is 71.7 cm³/mol. The summed E-state index contributed by atoms with van der Waals surface area (Å²) in [4.78, 5) is 0. The summed E-state index contributed by atoms with van der Waals surface area (Å²) in [5.41, 5.74) is 0.934. The molecule has 1 aromatic rings. The van der Waals surface area contributed by atoms with E-state index < -0.39 is 0 Å². The fraction of sp³-hybridized carbons (Fsp3) is 0.385. The van der Waals surface area contributed by atoms with Gasteiger partial charge in [-0.1, -0.05) is 34.1 Å². The van der Waals surface area contributed by atoms with Crippen molar-refractivity contribution in [1.82, 2.24) is 5.32 Å². The molecule has 0 aliphatic carbocycles. The maximum Gasteiger partial charge on any atom is 0.121 e. The number of phenols is 1. The molecule has 1 rings (SSSR count). The van der Waals surface area contributed by atoms with Crippen molar-refractivity contribution in [3.63, 3.8) is 0 Å². The van der Waals surface area contributed by atoms with Gasteiger partial charge in [-0.25, -0.2) is 0 Å². The topological polar surface area (TPSA) is 32.3 Å². The molecule has 0 aromatic heterocycles. The van der Waals surface area contributed by atoms with Crippen molar-refractivity contribution in [3.05, 3.63) is 40.4 Å². The lowest BCUT2D eigenvalue weighted by atomic mass is 10.1. The van der Waals surface area contributed by atoms with Crippen molar-refractivity contribution < 1.29 is 5.11 Å². The van der Waals surface area contributed by atoms with Crippen molar-refractivity contribution in [2.75, 3.05) is 6.54 Å². The third-order valence-electron chi connectivity index (χ3n) is 2.46. The zero-order valence-corrected chi connectivity index (χ0v) is 11.3. The van der Waals surface area contributed by atoms with E-state index in [1.54, 1.807) is 6.07 Å². The number of phenolic OH excluding ortho intramolecular Hbond substituents is 1. The third kappa shape index (κ3) is 3.99. The normalized spacial score (nSPS) is 13.2. The number of hydrogen-bond acceptors (Lipinski definition) is 2. The zero-order chi connectivity index (χ0) is 12.0. The first-order valence-corrected chi connectivity index (χ1v) is 6.27. The monoisotopic (exact) mass is 283 g/mol. The predicted octanol–water partition coefficient (Wildman–Crippen LogP) is 3.77. The summed E-state index contributed by atoms with van der Waals surface area (Å²) in [6, 6.07) is 5.77. The highest BCUT2D eigenvalue weighted by molar-refractivity contribution is 9.10. The quantitative estimate of drug-likeness (QED) is 0.637. The molecule has 0 amide bonds. The van der Waals surface area contributed by atoms with Crippen LogP contribution in [0, 0.1) is 0 Å². The van der Waals surface area contributed by atoms with Crippen LogP contribution in [-0.2, 0) is 0 Å². The van der Waals surface area contributed by atoms with Crippen LogP contribution in [0.25, 0.3) is 0 Å². The standard InChI is InChI=1S/C13H18BrNO/c1-3-4-5-8-15-10(2)12-7-6-11(14)9-13(12)16/h3-4,6-7,9-10,15-16H,5,8H2,1-2H3/b4-3+. The lowest BCUT2D eigenvalue weighted by Gasteiger charge is -2.15. The number of nitrogens with one attached hydrogen (secondary N) is 1. The number of aromatic hydroxyl groups is 1. The minimum Gasteiger partial charge on any atom is -0.508 e. The summed E-state index contributed by atoms with van der Waals surface area (Å²) in [5, 5.41) is 13.1. The number of hydrogen-bond donors (Lipinski definition) is 2. The van der Waals surface area contributed by atoms with Gasteiger partial charge in [0.25, 0.3) is 0 Å². The molecule has 0 aliphatic rings. The van der Waals surface area contributed by atoms with Crippen molar-refractivity contribution >= 4 is 15.9 Å². The second-order valence-electron chi connectivity index (χ2n) is 3.74. The Morgan fingerprint density at radius 3 is 2.88 bits per heavy atom. The third-order valence-corrected chi connectivity index (χ3v) is 2.95. The molecule has 0 saturated heterocycles. The summed E-state index contributed by atoms with van der Waals surface area (Å²) in [7, 11) is 0. The van der Waals surface area contributed by atoms with Gasteiger partial charge in [-0.15, -0.1) is 0 Å². The molecule has 1 aromatic carbocycles. The van der Waals surface area contributed by atoms with Crippen LogP contribution in [0.5, 0.6) is 5.75 Å². The van der Waals surface area contributed by atoms with Crippen LogP contribution in [-0.4, -0.2) is 11.7 Å². The SMILES string of the molecule is C/C=C/CCNC(C)c1ccc(Br)cc1O. The number of allylic oxidation sites excluding steroid dienone is 1. The van der Waals surface area contributed by atoms with Gasteiger partial charge in [-0.05, 0) is 38.9 Å². The van der Waals surface area contributed by atoms with Gasteiger partial charge < -0.3 is 10.4 Å². The average molecular weight is 284 g/mol. The molecule has 1 unspecified atom stereocenters. The van der Waals surface area contributed by atoms with Crippen molar-refractivity contribution in [2.45, 2.75) is 26.3 Å². The average Bonchev–Trinajstić information content (AvgIpc) is 2.24. The molecular weight excluding hydrogens is 266 g/mol. The Labute approximate surface area is 106 Å². The van der Waals surface area contributed by atoms with Crippen LogP contribution in [0.15, 0.2) is 34.8 Å². The first-order valence-electron chi connectivity index (χ1n) is 5.48. The highest BCUT2D eigenvalue weighted by Crippen LogP contribution is 2.27. The van der Waals surface area contributed by atoms with Crippen LogP contribution in [0.1, 0.15) is 31.9 Å². The summed E-state index contributed by atoms with van der Waals surface area (Å²) >= 11 is 3.33. The van der Waals surface area contributed by atoms with Gasteiger partial charge in [0.15, 0.2) is 0 Å². The molecule has 0 bridgehead atoms. The Morgan fingerprint density at radius 2 is 2.25 bits per heavy atom. The Kier molecular flexibility index (Phi) is 5.56. The highest BCUT2D eigenvalue weighted by Gasteiger charge is 2.09. The molecule has 2 N–H and O–H groups in total. The van der Waals surface area contributed by atoms with E-state index in [9.17, 15) is 5.11 Å². The van der Waals surface area contributed by atoms with E-state index in [1.165, 1.54) is 0 Å². The van der Waals surface area contributed by atoms with Crippen LogP contribution in [0.2, 0.25) is 0 Å². The van der Waals surface area contributed by atoms with E-state index in [-0.39, 0.29) is 6.04 Å². The second-order valence-corrected chi connectivity index (χ2v) is 4.65. The van der Waals surface area contributed by atoms with Gasteiger partial charge in [0.1, 0.15) is 5.75 Å². The lowest BCUT2D eigenvalue weighted by Crippen LogP contribution is -2.19. The summed E-state index contributed by atoms with van der Waals surface area (Å²) in [6.07, 6.45) is 5.18. The number of rotatable bonds is 5. The maximum absolute atomic E-state index is 9.78. The minimum atomic E-state index is 0.165. The number of halogens is 1. The lowest BCUT2D eigenvalue weighted by molar-refractivity contribution is 0.453. The summed E-state index contributed by atoms with van der Waals surface area (Å²) < 4.78 is 0.898. The molecule has 0 spiro atoms. The highest BCUT2D eigenvalue weighted by atomic mass is 79.9.